The van der Waals surface area contributed by atoms with E-state index in [4.69, 9.17) is 0 Å². The Morgan fingerprint density at radius 1 is 1.35 bits per heavy atom. The van der Waals surface area contributed by atoms with Crippen molar-refractivity contribution in [3.63, 3.8) is 0 Å². The van der Waals surface area contributed by atoms with Gasteiger partial charge in [0.25, 0.3) is 0 Å². The molecule has 0 bridgehead atoms. The Labute approximate surface area is 119 Å². The highest BCUT2D eigenvalue weighted by Crippen LogP contribution is 2.09. The molecular formula is C15H22FN3O. The lowest BCUT2D eigenvalue weighted by atomic mass is 10.1. The Hall–Kier alpha value is -1.46. The fourth-order valence-electron chi connectivity index (χ4n) is 2.46. The van der Waals surface area contributed by atoms with E-state index >= 15 is 0 Å². The summed E-state index contributed by atoms with van der Waals surface area (Å²) < 4.78 is 12.8. The third-order valence-electron chi connectivity index (χ3n) is 3.73. The Balaban J connectivity index is 1.73. The maximum absolute atomic E-state index is 12.8. The summed E-state index contributed by atoms with van der Waals surface area (Å²) in [4.78, 5) is 14.0. The molecule has 0 saturated carbocycles. The lowest BCUT2D eigenvalue weighted by molar-refractivity contribution is -0.122. The number of piperidine rings is 1. The first-order valence-electron chi connectivity index (χ1n) is 7.07. The number of hydrogen-bond acceptors (Lipinski definition) is 3. The second kappa shape index (κ2) is 7.36. The Kier molecular flexibility index (Phi) is 5.49. The Morgan fingerprint density at radius 2 is 2.00 bits per heavy atom. The first-order chi connectivity index (χ1) is 9.65. The zero-order valence-electron chi connectivity index (χ0n) is 11.9. The summed E-state index contributed by atoms with van der Waals surface area (Å²) in [7, 11) is 1.99. The standard InChI is InChI=1S/C15H22FN3O/c1-19(14-6-8-17-9-7-14)11-15(20)18-10-12-2-4-13(16)5-3-12/h2-5,14,17H,6-11H2,1H3,(H,18,20). The molecule has 2 N–H and O–H groups in total. The third-order valence-corrected chi connectivity index (χ3v) is 3.73. The van der Waals surface area contributed by atoms with E-state index in [0.717, 1.165) is 31.5 Å². The predicted octanol–water partition coefficient (Wildman–Crippen LogP) is 1.13. The van der Waals surface area contributed by atoms with E-state index in [0.29, 0.717) is 19.1 Å². The van der Waals surface area contributed by atoms with E-state index in [2.05, 4.69) is 15.5 Å². The summed E-state index contributed by atoms with van der Waals surface area (Å²) in [5.41, 5.74) is 0.907. The number of halogens is 1. The summed E-state index contributed by atoms with van der Waals surface area (Å²) in [6.07, 6.45) is 2.17. The fourth-order valence-corrected chi connectivity index (χ4v) is 2.46. The van der Waals surface area contributed by atoms with Crippen LogP contribution in [0.3, 0.4) is 0 Å². The van der Waals surface area contributed by atoms with Crippen molar-refractivity contribution in [3.05, 3.63) is 35.6 Å². The van der Waals surface area contributed by atoms with Crippen molar-refractivity contribution in [1.82, 2.24) is 15.5 Å². The van der Waals surface area contributed by atoms with Crippen LogP contribution >= 0.6 is 0 Å². The highest BCUT2D eigenvalue weighted by Gasteiger charge is 2.19. The summed E-state index contributed by atoms with van der Waals surface area (Å²) >= 11 is 0. The Morgan fingerprint density at radius 3 is 2.65 bits per heavy atom. The van der Waals surface area contributed by atoms with Gasteiger partial charge in [0.1, 0.15) is 5.82 Å². The fraction of sp³-hybridized carbons (Fsp3) is 0.533. The van der Waals surface area contributed by atoms with E-state index in [-0.39, 0.29) is 11.7 Å². The lowest BCUT2D eigenvalue weighted by Gasteiger charge is -2.31. The van der Waals surface area contributed by atoms with E-state index in [9.17, 15) is 9.18 Å². The molecule has 0 spiro atoms. The van der Waals surface area contributed by atoms with Gasteiger partial charge in [-0.1, -0.05) is 12.1 Å². The van der Waals surface area contributed by atoms with Gasteiger partial charge < -0.3 is 10.6 Å². The van der Waals surface area contributed by atoms with Gasteiger partial charge in [0, 0.05) is 12.6 Å². The van der Waals surface area contributed by atoms with E-state index in [1.807, 2.05) is 7.05 Å². The minimum Gasteiger partial charge on any atom is -0.351 e. The topological polar surface area (TPSA) is 44.4 Å². The Bertz CT molecular complexity index is 429. The molecule has 1 amide bonds. The van der Waals surface area contributed by atoms with E-state index < -0.39 is 0 Å². The van der Waals surface area contributed by atoms with Crippen LogP contribution in [0.2, 0.25) is 0 Å². The summed E-state index contributed by atoms with van der Waals surface area (Å²) in [6, 6.07) is 6.66. The monoisotopic (exact) mass is 279 g/mol. The molecule has 1 aliphatic rings. The summed E-state index contributed by atoms with van der Waals surface area (Å²) in [5, 5.41) is 6.19. The van der Waals surface area contributed by atoms with E-state index in [1.165, 1.54) is 12.1 Å². The van der Waals surface area contributed by atoms with Crippen LogP contribution in [-0.2, 0) is 11.3 Å². The van der Waals surface area contributed by atoms with Crippen LogP contribution in [0.25, 0.3) is 0 Å². The molecule has 1 heterocycles. The van der Waals surface area contributed by atoms with Gasteiger partial charge in [-0.3, -0.25) is 9.69 Å². The number of nitrogens with zero attached hydrogens (tertiary/aromatic N) is 1. The van der Waals surface area contributed by atoms with Crippen molar-refractivity contribution in [3.8, 4) is 0 Å². The van der Waals surface area contributed by atoms with Crippen LogP contribution in [0.15, 0.2) is 24.3 Å². The molecule has 0 aromatic heterocycles. The van der Waals surface area contributed by atoms with E-state index in [1.54, 1.807) is 12.1 Å². The highest BCUT2D eigenvalue weighted by molar-refractivity contribution is 5.78. The summed E-state index contributed by atoms with van der Waals surface area (Å²) in [5.74, 6) is -0.249. The largest absolute Gasteiger partial charge is 0.351 e. The smallest absolute Gasteiger partial charge is 0.234 e. The van der Waals surface area contributed by atoms with Gasteiger partial charge in [-0.15, -0.1) is 0 Å². The molecule has 0 unspecified atom stereocenters. The van der Waals surface area contributed by atoms with Crippen LogP contribution in [0.1, 0.15) is 18.4 Å². The molecule has 0 atom stereocenters. The number of benzene rings is 1. The van der Waals surface area contributed by atoms with Crippen LogP contribution < -0.4 is 10.6 Å². The molecule has 5 heteroatoms. The molecule has 1 fully saturated rings. The average molecular weight is 279 g/mol. The molecule has 1 aliphatic heterocycles. The van der Waals surface area contributed by atoms with Crippen molar-refractivity contribution in [1.29, 1.82) is 0 Å². The molecule has 110 valence electrons. The number of hydrogen-bond donors (Lipinski definition) is 2. The van der Waals surface area contributed by atoms with Gasteiger partial charge in [-0.25, -0.2) is 4.39 Å². The third kappa shape index (κ3) is 4.58. The zero-order chi connectivity index (χ0) is 14.4. The molecule has 1 saturated heterocycles. The average Bonchev–Trinajstić information content (AvgIpc) is 2.47. The molecular weight excluding hydrogens is 257 g/mol. The molecule has 20 heavy (non-hydrogen) atoms. The minimum absolute atomic E-state index is 0.00959. The maximum atomic E-state index is 12.8. The molecule has 2 rings (SSSR count). The second-order valence-corrected chi connectivity index (χ2v) is 5.30. The molecule has 4 nitrogen and oxygen atoms in total. The number of amides is 1. The first kappa shape index (κ1) is 14.9. The number of rotatable bonds is 5. The lowest BCUT2D eigenvalue weighted by Crippen LogP contribution is -2.45. The maximum Gasteiger partial charge on any atom is 0.234 e. The van der Waals surface area contributed by atoms with Gasteiger partial charge in [0.15, 0.2) is 0 Å². The van der Waals surface area contributed by atoms with Crippen molar-refractivity contribution in [2.45, 2.75) is 25.4 Å². The highest BCUT2D eigenvalue weighted by atomic mass is 19.1. The van der Waals surface area contributed by atoms with Crippen LogP contribution in [0.5, 0.6) is 0 Å². The van der Waals surface area contributed by atoms with Gasteiger partial charge in [0.2, 0.25) is 5.91 Å². The van der Waals surface area contributed by atoms with Gasteiger partial charge in [-0.2, -0.15) is 0 Å². The van der Waals surface area contributed by atoms with Crippen molar-refractivity contribution >= 4 is 5.91 Å². The van der Waals surface area contributed by atoms with Crippen LogP contribution in [0, 0.1) is 5.82 Å². The predicted molar refractivity (Wildman–Crippen MR) is 76.8 cm³/mol. The number of carbonyl (C=O) groups is 1. The quantitative estimate of drug-likeness (QED) is 0.849. The number of carbonyl (C=O) groups excluding carboxylic acids is 1. The normalized spacial score (nSPS) is 16.4. The zero-order valence-corrected chi connectivity index (χ0v) is 11.9. The molecule has 1 aromatic carbocycles. The summed E-state index contributed by atoms with van der Waals surface area (Å²) in [6.45, 7) is 2.89. The molecule has 0 aliphatic carbocycles. The van der Waals surface area contributed by atoms with Crippen molar-refractivity contribution in [2.24, 2.45) is 0 Å². The number of likely N-dealkylation sites (N-methyl/N-ethyl adjacent to an activating group) is 1. The van der Waals surface area contributed by atoms with Crippen LogP contribution in [0.4, 0.5) is 4.39 Å². The molecule has 0 radical (unpaired) electrons. The van der Waals surface area contributed by atoms with Crippen LogP contribution in [-0.4, -0.2) is 43.5 Å². The van der Waals surface area contributed by atoms with Crippen molar-refractivity contribution in [2.75, 3.05) is 26.7 Å². The van der Waals surface area contributed by atoms with Crippen molar-refractivity contribution < 1.29 is 9.18 Å². The second-order valence-electron chi connectivity index (χ2n) is 5.30. The first-order valence-corrected chi connectivity index (χ1v) is 7.07. The van der Waals surface area contributed by atoms with Gasteiger partial charge in [0.05, 0.1) is 6.54 Å². The number of nitrogens with one attached hydrogen (secondary N) is 2. The SMILES string of the molecule is CN(CC(=O)NCc1ccc(F)cc1)C1CCNCC1. The van der Waals surface area contributed by atoms with Gasteiger partial charge in [-0.05, 0) is 50.7 Å². The molecule has 1 aromatic rings. The van der Waals surface area contributed by atoms with Gasteiger partial charge >= 0.3 is 0 Å². The minimum atomic E-state index is -0.259.